The normalized spacial score (nSPS) is 11.9. The van der Waals surface area contributed by atoms with Crippen LogP contribution in [0.15, 0.2) is 97.1 Å². The number of halogens is 9. The Morgan fingerprint density at radius 2 is 1.02 bits per heavy atom. The van der Waals surface area contributed by atoms with Gasteiger partial charge in [-0.25, -0.2) is 17.6 Å². The molecule has 0 aromatic heterocycles. The Bertz CT molecular complexity index is 1860. The summed E-state index contributed by atoms with van der Waals surface area (Å²) in [5.74, 6) is -6.31. The third-order valence-corrected chi connectivity index (χ3v) is 7.56. The van der Waals surface area contributed by atoms with E-state index in [0.717, 1.165) is 73.7 Å². The highest BCUT2D eigenvalue weighted by atomic mass is 19.4. The van der Waals surface area contributed by atoms with Gasteiger partial charge in [0.05, 0.1) is 0 Å². The van der Waals surface area contributed by atoms with Crippen molar-refractivity contribution in [2.45, 2.75) is 45.1 Å². The molecule has 0 N–H and O–H groups in total. The molecule has 0 spiro atoms. The molecule has 48 heavy (non-hydrogen) atoms. The average molecular weight is 675 g/mol. The van der Waals surface area contributed by atoms with Gasteiger partial charge in [0.15, 0.2) is 0 Å². The zero-order valence-electron chi connectivity index (χ0n) is 25.3. The largest absolute Gasteiger partial charge is 0.573 e. The molecule has 0 bridgehead atoms. The van der Waals surface area contributed by atoms with Crippen LogP contribution in [0.3, 0.4) is 0 Å². The van der Waals surface area contributed by atoms with Crippen molar-refractivity contribution >= 4 is 0 Å². The van der Waals surface area contributed by atoms with E-state index in [9.17, 15) is 26.3 Å². The van der Waals surface area contributed by atoms with Crippen LogP contribution in [0, 0.1) is 23.3 Å². The van der Waals surface area contributed by atoms with E-state index < -0.39 is 52.8 Å². The van der Waals surface area contributed by atoms with E-state index in [2.05, 4.69) is 16.4 Å². The molecule has 5 rings (SSSR count). The standard InChI is InChI=1S/C37H27F9O2/c1-2-3-4-5-22-6-8-23(9-7-22)26-19-33(40)35(34(41)20-26)36(42,43)47-28-15-17-30(32(39)21-28)25-12-16-29(31(38)18-25)24-10-13-27(14-11-24)48-37(44,45)46/h6-21H,2-5H2,1H3. The molecule has 0 saturated carbocycles. The number of hydrogen-bond donors (Lipinski definition) is 0. The fourth-order valence-corrected chi connectivity index (χ4v) is 5.21. The van der Waals surface area contributed by atoms with Gasteiger partial charge in [-0.2, -0.15) is 8.78 Å². The summed E-state index contributed by atoms with van der Waals surface area (Å²) in [6, 6.07) is 19.0. The molecule has 5 aromatic carbocycles. The number of ether oxygens (including phenoxy) is 2. The Hall–Kier alpha value is -4.93. The highest BCUT2D eigenvalue weighted by Gasteiger charge is 2.41. The average Bonchev–Trinajstić information content (AvgIpc) is 3.00. The van der Waals surface area contributed by atoms with Gasteiger partial charge in [-0.3, -0.25) is 0 Å². The maximum Gasteiger partial charge on any atom is 0.573 e. The maximum atomic E-state index is 15.1. The minimum Gasteiger partial charge on any atom is -0.429 e. The van der Waals surface area contributed by atoms with E-state index >= 15 is 13.2 Å². The lowest BCUT2D eigenvalue weighted by molar-refractivity contribution is -0.274. The first-order chi connectivity index (χ1) is 22.7. The van der Waals surface area contributed by atoms with Crippen LogP contribution >= 0.6 is 0 Å². The zero-order chi connectivity index (χ0) is 34.6. The predicted molar refractivity (Wildman–Crippen MR) is 163 cm³/mol. The van der Waals surface area contributed by atoms with Crippen LogP contribution in [0.2, 0.25) is 0 Å². The summed E-state index contributed by atoms with van der Waals surface area (Å²) in [5.41, 5.74) is -0.132. The monoisotopic (exact) mass is 674 g/mol. The first-order valence-corrected chi connectivity index (χ1v) is 14.9. The molecule has 0 radical (unpaired) electrons. The molecule has 0 amide bonds. The van der Waals surface area contributed by atoms with Crippen LogP contribution in [0.4, 0.5) is 39.5 Å². The van der Waals surface area contributed by atoms with Crippen LogP contribution in [0.5, 0.6) is 11.5 Å². The molecule has 0 aliphatic rings. The van der Waals surface area contributed by atoms with Crippen molar-refractivity contribution in [3.05, 3.63) is 131 Å². The Balaban J connectivity index is 1.31. The molecule has 0 saturated heterocycles. The Morgan fingerprint density at radius 3 is 1.60 bits per heavy atom. The quantitative estimate of drug-likeness (QED) is 0.103. The van der Waals surface area contributed by atoms with Gasteiger partial charge in [-0.15, -0.1) is 13.2 Å². The Labute approximate surface area is 270 Å². The lowest BCUT2D eigenvalue weighted by atomic mass is 9.99. The van der Waals surface area contributed by atoms with Crippen molar-refractivity contribution < 1.29 is 49.0 Å². The van der Waals surface area contributed by atoms with Crippen LogP contribution < -0.4 is 9.47 Å². The fraction of sp³-hybridized carbons (Fsp3) is 0.189. The van der Waals surface area contributed by atoms with E-state index in [1.165, 1.54) is 24.3 Å². The van der Waals surface area contributed by atoms with Crippen molar-refractivity contribution in [3.63, 3.8) is 0 Å². The van der Waals surface area contributed by atoms with E-state index in [-0.39, 0.29) is 27.8 Å². The van der Waals surface area contributed by atoms with E-state index in [1.807, 2.05) is 12.1 Å². The summed E-state index contributed by atoms with van der Waals surface area (Å²) in [6.07, 6.45) is -5.46. The van der Waals surface area contributed by atoms with Crippen LogP contribution in [-0.2, 0) is 12.5 Å². The lowest BCUT2D eigenvalue weighted by Gasteiger charge is -2.20. The Morgan fingerprint density at radius 1 is 0.500 bits per heavy atom. The predicted octanol–water partition coefficient (Wildman–Crippen LogP) is 12.0. The fourth-order valence-electron chi connectivity index (χ4n) is 5.21. The number of aryl methyl sites for hydroxylation is 1. The SMILES string of the molecule is CCCCCc1ccc(-c2cc(F)c(C(F)(F)Oc3ccc(-c4ccc(-c5ccc(OC(F)(F)F)cc5)c(F)c4)c(F)c3)c(F)c2)cc1. The van der Waals surface area contributed by atoms with Crippen molar-refractivity contribution in [1.29, 1.82) is 0 Å². The minimum atomic E-state index is -4.90. The molecule has 0 fully saturated rings. The maximum absolute atomic E-state index is 15.1. The second-order valence-corrected chi connectivity index (χ2v) is 11.0. The van der Waals surface area contributed by atoms with Gasteiger partial charge in [0.2, 0.25) is 0 Å². The molecule has 2 nitrogen and oxygen atoms in total. The molecule has 250 valence electrons. The number of alkyl halides is 5. The first kappa shape index (κ1) is 34.4. The molecular formula is C37H27F9O2. The van der Waals surface area contributed by atoms with Gasteiger partial charge in [0.25, 0.3) is 0 Å². The summed E-state index contributed by atoms with van der Waals surface area (Å²) in [6.45, 7) is 2.09. The Kier molecular flexibility index (Phi) is 10.1. The van der Waals surface area contributed by atoms with Crippen molar-refractivity contribution in [3.8, 4) is 44.9 Å². The van der Waals surface area contributed by atoms with Crippen molar-refractivity contribution in [2.75, 3.05) is 0 Å². The summed E-state index contributed by atoms with van der Waals surface area (Å²) in [4.78, 5) is 0. The van der Waals surface area contributed by atoms with E-state index in [0.29, 0.717) is 11.6 Å². The molecule has 11 heteroatoms. The van der Waals surface area contributed by atoms with Gasteiger partial charge in [0.1, 0.15) is 40.3 Å². The third-order valence-electron chi connectivity index (χ3n) is 7.56. The van der Waals surface area contributed by atoms with Crippen molar-refractivity contribution in [1.82, 2.24) is 0 Å². The summed E-state index contributed by atoms with van der Waals surface area (Å²) >= 11 is 0. The van der Waals surface area contributed by atoms with Gasteiger partial charge in [0, 0.05) is 17.2 Å². The topological polar surface area (TPSA) is 18.5 Å². The number of hydrogen-bond acceptors (Lipinski definition) is 2. The van der Waals surface area contributed by atoms with Crippen LogP contribution in [0.25, 0.3) is 33.4 Å². The highest BCUT2D eigenvalue weighted by Crippen LogP contribution is 2.39. The smallest absolute Gasteiger partial charge is 0.429 e. The molecular weight excluding hydrogens is 647 g/mol. The van der Waals surface area contributed by atoms with Crippen molar-refractivity contribution in [2.24, 2.45) is 0 Å². The first-order valence-electron chi connectivity index (χ1n) is 14.9. The van der Waals surface area contributed by atoms with Crippen LogP contribution in [0.1, 0.15) is 37.3 Å². The lowest BCUT2D eigenvalue weighted by Crippen LogP contribution is -2.25. The van der Waals surface area contributed by atoms with E-state index in [1.54, 1.807) is 12.1 Å². The summed E-state index contributed by atoms with van der Waals surface area (Å²) in [7, 11) is 0. The second-order valence-electron chi connectivity index (χ2n) is 11.0. The van der Waals surface area contributed by atoms with Gasteiger partial charge >= 0.3 is 12.5 Å². The second kappa shape index (κ2) is 14.0. The third kappa shape index (κ3) is 8.13. The molecule has 0 aliphatic heterocycles. The van der Waals surface area contributed by atoms with Crippen LogP contribution in [-0.4, -0.2) is 6.36 Å². The molecule has 5 aromatic rings. The minimum absolute atomic E-state index is 0.00533. The summed E-state index contributed by atoms with van der Waals surface area (Å²) in [5, 5.41) is 0. The number of rotatable bonds is 11. The molecule has 0 aliphatic carbocycles. The van der Waals surface area contributed by atoms with Gasteiger partial charge < -0.3 is 9.47 Å². The molecule has 0 heterocycles. The number of unbranched alkanes of at least 4 members (excludes halogenated alkanes) is 2. The van der Waals surface area contributed by atoms with Gasteiger partial charge in [-0.05, 0) is 83.1 Å². The molecule has 0 unspecified atom stereocenters. The van der Waals surface area contributed by atoms with E-state index in [4.69, 9.17) is 0 Å². The highest BCUT2D eigenvalue weighted by molar-refractivity contribution is 5.72. The van der Waals surface area contributed by atoms with Gasteiger partial charge in [-0.1, -0.05) is 68.3 Å². The zero-order valence-corrected chi connectivity index (χ0v) is 25.3. The molecule has 0 atom stereocenters. The number of benzene rings is 5. The summed E-state index contributed by atoms with van der Waals surface area (Å²) < 4.78 is 136.